The topological polar surface area (TPSA) is 85.6 Å². The minimum absolute atomic E-state index is 0.0522. The van der Waals surface area contributed by atoms with Gasteiger partial charge in [-0.1, -0.05) is 27.7 Å². The third kappa shape index (κ3) is 5.94. The van der Waals surface area contributed by atoms with Gasteiger partial charge < -0.3 is 14.5 Å². The second kappa shape index (κ2) is 9.53. The number of esters is 1. The number of nitrogens with one attached hydrogen (secondary N) is 1. The molecule has 0 saturated heterocycles. The first-order valence-electron chi connectivity index (χ1n) is 9.67. The van der Waals surface area contributed by atoms with Crippen molar-refractivity contribution in [3.63, 3.8) is 0 Å². The fraction of sp³-hybridized carbons (Fsp3) is 0.500. The summed E-state index contributed by atoms with van der Waals surface area (Å²) in [6.45, 7) is 9.99. The zero-order valence-electron chi connectivity index (χ0n) is 17.3. The number of amides is 1. The number of carbonyl (C=O) groups is 2. The third-order valence-corrected chi connectivity index (χ3v) is 4.61. The number of carbonyl (C=O) groups excluding carboxylic acids is 2. The highest BCUT2D eigenvalue weighted by Gasteiger charge is 2.13. The van der Waals surface area contributed by atoms with Crippen LogP contribution in [0.5, 0.6) is 0 Å². The van der Waals surface area contributed by atoms with Gasteiger partial charge in [0.1, 0.15) is 18.7 Å². The van der Waals surface area contributed by atoms with Crippen molar-refractivity contribution in [3.8, 4) is 0 Å². The van der Waals surface area contributed by atoms with E-state index < -0.39 is 11.6 Å². The smallest absolute Gasteiger partial charge is 0.336 e. The summed E-state index contributed by atoms with van der Waals surface area (Å²) in [4.78, 5) is 35.5. The number of fused-ring (bicyclic) bond motifs is 1. The van der Waals surface area contributed by atoms with Crippen molar-refractivity contribution in [1.82, 2.24) is 5.32 Å². The van der Waals surface area contributed by atoms with E-state index >= 15 is 0 Å². The maximum absolute atomic E-state index is 12.0. The monoisotopic (exact) mass is 387 g/mol. The summed E-state index contributed by atoms with van der Waals surface area (Å²) in [6.07, 6.45) is 1.15. The van der Waals surface area contributed by atoms with E-state index in [1.54, 1.807) is 0 Å². The molecule has 1 aromatic heterocycles. The molecule has 1 heterocycles. The van der Waals surface area contributed by atoms with Crippen molar-refractivity contribution in [2.24, 2.45) is 5.92 Å². The molecule has 0 aliphatic rings. The third-order valence-electron chi connectivity index (χ3n) is 4.61. The van der Waals surface area contributed by atoms with Crippen molar-refractivity contribution in [2.45, 2.75) is 60.0 Å². The minimum Gasteiger partial charge on any atom is -0.459 e. The molecule has 0 fully saturated rings. The molecule has 0 radical (unpaired) electrons. The summed E-state index contributed by atoms with van der Waals surface area (Å²) in [7, 11) is 0. The van der Waals surface area contributed by atoms with E-state index in [2.05, 4.69) is 19.2 Å². The molecule has 0 atom stereocenters. The van der Waals surface area contributed by atoms with Crippen LogP contribution < -0.4 is 10.9 Å². The summed E-state index contributed by atoms with van der Waals surface area (Å²) in [6, 6.07) is 5.16. The number of hydrogen-bond donors (Lipinski definition) is 1. The van der Waals surface area contributed by atoms with E-state index in [1.807, 2.05) is 32.9 Å². The molecule has 2 aromatic rings. The average molecular weight is 387 g/mol. The van der Waals surface area contributed by atoms with Gasteiger partial charge in [-0.3, -0.25) is 9.59 Å². The van der Waals surface area contributed by atoms with Gasteiger partial charge >= 0.3 is 11.6 Å². The van der Waals surface area contributed by atoms with E-state index in [-0.39, 0.29) is 19.1 Å². The van der Waals surface area contributed by atoms with E-state index in [9.17, 15) is 14.4 Å². The van der Waals surface area contributed by atoms with Crippen LogP contribution in [0, 0.1) is 12.8 Å². The SMILES string of the molecule is Cc1cc2oc(=O)cc(COC(=O)CNC(=O)CCC(C)C)c2cc1C(C)C. The number of rotatable bonds is 8. The van der Waals surface area contributed by atoms with Gasteiger partial charge in [-0.2, -0.15) is 0 Å². The van der Waals surface area contributed by atoms with Crippen LogP contribution in [0.25, 0.3) is 11.0 Å². The van der Waals surface area contributed by atoms with E-state index in [0.29, 0.717) is 29.4 Å². The van der Waals surface area contributed by atoms with Crippen LogP contribution in [0.2, 0.25) is 0 Å². The van der Waals surface area contributed by atoms with Crippen LogP contribution >= 0.6 is 0 Å². The highest BCUT2D eigenvalue weighted by atomic mass is 16.5. The Balaban J connectivity index is 2.07. The van der Waals surface area contributed by atoms with Crippen LogP contribution in [0.3, 0.4) is 0 Å². The zero-order chi connectivity index (χ0) is 20.8. The molecule has 0 bridgehead atoms. The molecule has 1 amide bonds. The molecule has 0 aliphatic carbocycles. The lowest BCUT2D eigenvalue weighted by molar-refractivity contribution is -0.145. The van der Waals surface area contributed by atoms with Crippen LogP contribution in [0.1, 0.15) is 63.1 Å². The molecule has 6 heteroatoms. The Bertz CT molecular complexity index is 911. The first-order valence-corrected chi connectivity index (χ1v) is 9.67. The highest BCUT2D eigenvalue weighted by molar-refractivity contribution is 5.83. The fourth-order valence-electron chi connectivity index (χ4n) is 3.02. The molecule has 2 rings (SSSR count). The lowest BCUT2D eigenvalue weighted by atomic mass is 9.95. The van der Waals surface area contributed by atoms with Gasteiger partial charge in [0, 0.05) is 23.4 Å². The molecule has 0 spiro atoms. The normalized spacial score (nSPS) is 11.2. The Morgan fingerprint density at radius 1 is 1.14 bits per heavy atom. The largest absolute Gasteiger partial charge is 0.459 e. The number of benzene rings is 1. The first-order chi connectivity index (χ1) is 13.2. The minimum atomic E-state index is -0.546. The molecular weight excluding hydrogens is 358 g/mol. The second-order valence-electron chi connectivity index (χ2n) is 7.82. The maximum atomic E-state index is 12.0. The van der Waals surface area contributed by atoms with E-state index in [4.69, 9.17) is 9.15 Å². The molecule has 1 N–H and O–H groups in total. The standard InChI is InChI=1S/C22H29NO5/c1-13(2)6-7-20(24)23-11-22(26)27-12-16-9-21(25)28-19-8-15(5)17(14(3)4)10-18(16)19/h8-10,13-14H,6-7,11-12H2,1-5H3,(H,23,24). The van der Waals surface area contributed by atoms with E-state index in [1.165, 1.54) is 6.07 Å². The lowest BCUT2D eigenvalue weighted by Gasteiger charge is -2.13. The van der Waals surface area contributed by atoms with Crippen molar-refractivity contribution in [1.29, 1.82) is 0 Å². The second-order valence-corrected chi connectivity index (χ2v) is 7.82. The molecule has 0 unspecified atom stereocenters. The van der Waals surface area contributed by atoms with Gasteiger partial charge in [-0.25, -0.2) is 4.79 Å². The Labute approximate surface area is 165 Å². The number of ether oxygens (including phenoxy) is 1. The zero-order valence-corrected chi connectivity index (χ0v) is 17.3. The average Bonchev–Trinajstić information content (AvgIpc) is 2.61. The summed E-state index contributed by atoms with van der Waals surface area (Å²) in [5.41, 5.74) is 2.77. The van der Waals surface area contributed by atoms with Crippen molar-refractivity contribution >= 4 is 22.8 Å². The van der Waals surface area contributed by atoms with Gasteiger partial charge in [-0.05, 0) is 48.4 Å². The van der Waals surface area contributed by atoms with Gasteiger partial charge in [0.2, 0.25) is 5.91 Å². The fourth-order valence-corrected chi connectivity index (χ4v) is 3.02. The number of hydrogen-bond acceptors (Lipinski definition) is 5. The number of aryl methyl sites for hydroxylation is 1. The van der Waals surface area contributed by atoms with Gasteiger partial charge in [0.05, 0.1) is 0 Å². The van der Waals surface area contributed by atoms with Crippen LogP contribution in [-0.2, 0) is 20.9 Å². The van der Waals surface area contributed by atoms with Crippen molar-refractivity contribution in [2.75, 3.05) is 6.54 Å². The van der Waals surface area contributed by atoms with Crippen LogP contribution in [0.15, 0.2) is 27.4 Å². The molecule has 152 valence electrons. The van der Waals surface area contributed by atoms with E-state index in [0.717, 1.165) is 22.9 Å². The molecule has 28 heavy (non-hydrogen) atoms. The van der Waals surface area contributed by atoms with Crippen LogP contribution in [-0.4, -0.2) is 18.4 Å². The van der Waals surface area contributed by atoms with Crippen molar-refractivity contribution in [3.05, 3.63) is 45.3 Å². The van der Waals surface area contributed by atoms with Crippen molar-refractivity contribution < 1.29 is 18.7 Å². The predicted molar refractivity (Wildman–Crippen MR) is 108 cm³/mol. The Morgan fingerprint density at radius 2 is 1.86 bits per heavy atom. The maximum Gasteiger partial charge on any atom is 0.336 e. The molecular formula is C22H29NO5. The molecule has 1 aromatic carbocycles. The summed E-state index contributed by atoms with van der Waals surface area (Å²) in [5, 5.41) is 3.31. The summed E-state index contributed by atoms with van der Waals surface area (Å²) in [5.74, 6) is 0.0203. The predicted octanol–water partition coefficient (Wildman–Crippen LogP) is 3.82. The molecule has 0 aliphatic heterocycles. The van der Waals surface area contributed by atoms with Gasteiger partial charge in [0.25, 0.3) is 0 Å². The summed E-state index contributed by atoms with van der Waals surface area (Å²) < 4.78 is 10.6. The van der Waals surface area contributed by atoms with Gasteiger partial charge in [0.15, 0.2) is 0 Å². The Morgan fingerprint density at radius 3 is 2.50 bits per heavy atom. The molecule has 0 saturated carbocycles. The van der Waals surface area contributed by atoms with Crippen LogP contribution in [0.4, 0.5) is 0 Å². The Kier molecular flexibility index (Phi) is 7.38. The lowest BCUT2D eigenvalue weighted by Crippen LogP contribution is -2.30. The quantitative estimate of drug-likeness (QED) is 0.550. The summed E-state index contributed by atoms with van der Waals surface area (Å²) >= 11 is 0. The molecule has 6 nitrogen and oxygen atoms in total. The highest BCUT2D eigenvalue weighted by Crippen LogP contribution is 2.27. The first kappa shape index (κ1) is 21.7. The van der Waals surface area contributed by atoms with Gasteiger partial charge in [-0.15, -0.1) is 0 Å². The Hall–Kier alpha value is -2.63.